The molecular formula is C15H11F3N2O3. The van der Waals surface area contributed by atoms with Crippen molar-refractivity contribution in [3.63, 3.8) is 0 Å². The van der Waals surface area contributed by atoms with E-state index in [-0.39, 0.29) is 18.0 Å². The summed E-state index contributed by atoms with van der Waals surface area (Å²) in [5, 5.41) is 13.4. The first kappa shape index (κ1) is 16.5. The summed E-state index contributed by atoms with van der Waals surface area (Å²) in [5.74, 6) is -0.334. The standard InChI is InChI=1S/C15H11F3N2O3/c16-15(17,18)11-6-7-12(13(8-11)20(22)23)19-9-14(21)10-4-2-1-3-5-10/h1-8,19H,9H2. The van der Waals surface area contributed by atoms with Crippen molar-refractivity contribution in [1.82, 2.24) is 0 Å². The molecule has 0 spiro atoms. The van der Waals surface area contributed by atoms with Crippen molar-refractivity contribution in [3.05, 3.63) is 69.8 Å². The molecule has 0 fully saturated rings. The smallest absolute Gasteiger partial charge is 0.372 e. The van der Waals surface area contributed by atoms with Crippen molar-refractivity contribution in [2.24, 2.45) is 0 Å². The lowest BCUT2D eigenvalue weighted by molar-refractivity contribution is -0.384. The number of nitro benzene ring substituents is 1. The van der Waals surface area contributed by atoms with Gasteiger partial charge in [-0.3, -0.25) is 14.9 Å². The predicted molar refractivity (Wildman–Crippen MR) is 77.4 cm³/mol. The zero-order valence-electron chi connectivity index (χ0n) is 11.6. The van der Waals surface area contributed by atoms with E-state index in [1.165, 1.54) is 0 Å². The maximum atomic E-state index is 12.6. The van der Waals surface area contributed by atoms with Gasteiger partial charge in [-0.15, -0.1) is 0 Å². The Kier molecular flexibility index (Phi) is 4.63. The molecule has 23 heavy (non-hydrogen) atoms. The maximum Gasteiger partial charge on any atom is 0.416 e. The van der Waals surface area contributed by atoms with Crippen LogP contribution in [-0.4, -0.2) is 17.3 Å². The van der Waals surface area contributed by atoms with Crippen LogP contribution in [-0.2, 0) is 6.18 Å². The fraction of sp³-hybridized carbons (Fsp3) is 0.133. The molecule has 0 aliphatic carbocycles. The molecule has 1 N–H and O–H groups in total. The Morgan fingerprint density at radius 2 is 1.78 bits per heavy atom. The maximum absolute atomic E-state index is 12.6. The highest BCUT2D eigenvalue weighted by molar-refractivity contribution is 5.99. The molecule has 2 aromatic carbocycles. The van der Waals surface area contributed by atoms with Crippen LogP contribution in [0.3, 0.4) is 0 Å². The topological polar surface area (TPSA) is 72.2 Å². The quantitative estimate of drug-likeness (QED) is 0.514. The Bertz CT molecular complexity index is 730. The molecule has 120 valence electrons. The molecular weight excluding hydrogens is 313 g/mol. The zero-order valence-corrected chi connectivity index (χ0v) is 11.6. The van der Waals surface area contributed by atoms with E-state index in [9.17, 15) is 28.1 Å². The van der Waals surface area contributed by atoms with E-state index in [1.807, 2.05) is 0 Å². The van der Waals surface area contributed by atoms with Gasteiger partial charge in [-0.05, 0) is 12.1 Å². The number of alkyl halides is 3. The first-order chi connectivity index (χ1) is 10.8. The molecule has 8 heteroatoms. The molecule has 0 atom stereocenters. The fourth-order valence-electron chi connectivity index (χ4n) is 1.91. The van der Waals surface area contributed by atoms with Gasteiger partial charge in [-0.1, -0.05) is 30.3 Å². The number of hydrogen-bond donors (Lipinski definition) is 1. The summed E-state index contributed by atoms with van der Waals surface area (Å²) in [6.45, 7) is -0.268. The third-order valence-electron chi connectivity index (χ3n) is 3.06. The van der Waals surface area contributed by atoms with E-state index >= 15 is 0 Å². The van der Waals surface area contributed by atoms with Gasteiger partial charge in [0.05, 0.1) is 17.0 Å². The summed E-state index contributed by atoms with van der Waals surface area (Å²) < 4.78 is 37.8. The highest BCUT2D eigenvalue weighted by Crippen LogP contribution is 2.34. The average Bonchev–Trinajstić information content (AvgIpc) is 2.52. The largest absolute Gasteiger partial charge is 0.416 e. The minimum Gasteiger partial charge on any atom is -0.372 e. The third kappa shape index (κ3) is 4.06. The molecule has 0 aliphatic heterocycles. The molecule has 0 unspecified atom stereocenters. The summed E-state index contributed by atoms with van der Waals surface area (Å²) in [5.41, 5.74) is -1.60. The van der Waals surface area contributed by atoms with Crippen molar-refractivity contribution in [2.45, 2.75) is 6.18 Å². The lowest BCUT2D eigenvalue weighted by Crippen LogP contribution is -2.15. The minimum atomic E-state index is -4.68. The second-order valence-corrected chi connectivity index (χ2v) is 4.63. The normalized spacial score (nSPS) is 11.1. The number of carbonyl (C=O) groups excluding carboxylic acids is 1. The molecule has 0 saturated heterocycles. The zero-order chi connectivity index (χ0) is 17.0. The van der Waals surface area contributed by atoms with Crippen molar-refractivity contribution >= 4 is 17.2 Å². The highest BCUT2D eigenvalue weighted by atomic mass is 19.4. The number of hydrogen-bond acceptors (Lipinski definition) is 4. The SMILES string of the molecule is O=C(CNc1ccc(C(F)(F)F)cc1[N+](=O)[O-])c1ccccc1. The van der Waals surface area contributed by atoms with Crippen LogP contribution in [0.25, 0.3) is 0 Å². The van der Waals surface area contributed by atoms with Crippen LogP contribution in [0.1, 0.15) is 15.9 Å². The molecule has 0 amide bonds. The van der Waals surface area contributed by atoms with Gasteiger partial charge in [0.1, 0.15) is 5.69 Å². The van der Waals surface area contributed by atoms with E-state index in [0.717, 1.165) is 12.1 Å². The summed E-state index contributed by atoms with van der Waals surface area (Å²) in [6.07, 6.45) is -4.68. The van der Waals surface area contributed by atoms with Crippen LogP contribution in [0.5, 0.6) is 0 Å². The number of ketones is 1. The van der Waals surface area contributed by atoms with Crippen molar-refractivity contribution < 1.29 is 22.9 Å². The molecule has 0 aliphatic rings. The second-order valence-electron chi connectivity index (χ2n) is 4.63. The number of nitrogens with one attached hydrogen (secondary N) is 1. The summed E-state index contributed by atoms with van der Waals surface area (Å²) >= 11 is 0. The lowest BCUT2D eigenvalue weighted by Gasteiger charge is -2.10. The number of Topliss-reactive ketones (excluding diaryl/α,β-unsaturated/α-hetero) is 1. The van der Waals surface area contributed by atoms with E-state index in [4.69, 9.17) is 0 Å². The summed E-state index contributed by atoms with van der Waals surface area (Å²) in [4.78, 5) is 21.9. The average molecular weight is 324 g/mol. The number of nitrogens with zero attached hydrogens (tertiary/aromatic N) is 1. The number of rotatable bonds is 5. The number of benzene rings is 2. The number of halogens is 3. The summed E-state index contributed by atoms with van der Waals surface area (Å²) in [6, 6.07) is 10.3. The van der Waals surface area contributed by atoms with Gasteiger partial charge in [-0.2, -0.15) is 13.2 Å². The number of carbonyl (C=O) groups is 1. The van der Waals surface area contributed by atoms with Crippen molar-refractivity contribution in [1.29, 1.82) is 0 Å². The highest BCUT2D eigenvalue weighted by Gasteiger charge is 2.33. The Hall–Kier alpha value is -2.90. The molecule has 0 radical (unpaired) electrons. The van der Waals surface area contributed by atoms with Crippen LogP contribution >= 0.6 is 0 Å². The van der Waals surface area contributed by atoms with Gasteiger partial charge in [0.2, 0.25) is 0 Å². The first-order valence-corrected chi connectivity index (χ1v) is 6.47. The summed E-state index contributed by atoms with van der Waals surface area (Å²) in [7, 11) is 0. The first-order valence-electron chi connectivity index (χ1n) is 6.47. The van der Waals surface area contributed by atoms with Gasteiger partial charge in [0, 0.05) is 11.6 Å². The van der Waals surface area contributed by atoms with Crippen LogP contribution in [0.4, 0.5) is 24.5 Å². The molecule has 0 saturated carbocycles. The monoisotopic (exact) mass is 324 g/mol. The Labute approximate surface area is 128 Å². The van der Waals surface area contributed by atoms with Crippen LogP contribution in [0.2, 0.25) is 0 Å². The van der Waals surface area contributed by atoms with Crippen LogP contribution < -0.4 is 5.32 Å². The Balaban J connectivity index is 2.20. The number of anilines is 1. The van der Waals surface area contributed by atoms with Crippen LogP contribution in [0, 0.1) is 10.1 Å². The van der Waals surface area contributed by atoms with Gasteiger partial charge in [-0.25, -0.2) is 0 Å². The van der Waals surface area contributed by atoms with E-state index in [0.29, 0.717) is 11.6 Å². The molecule has 5 nitrogen and oxygen atoms in total. The van der Waals surface area contributed by atoms with E-state index in [1.54, 1.807) is 30.3 Å². The minimum absolute atomic E-state index is 0.146. The Morgan fingerprint density at radius 1 is 1.13 bits per heavy atom. The lowest BCUT2D eigenvalue weighted by atomic mass is 10.1. The van der Waals surface area contributed by atoms with E-state index < -0.39 is 22.4 Å². The molecule has 0 aromatic heterocycles. The van der Waals surface area contributed by atoms with Gasteiger partial charge < -0.3 is 5.32 Å². The van der Waals surface area contributed by atoms with Crippen molar-refractivity contribution in [2.75, 3.05) is 11.9 Å². The molecule has 0 heterocycles. The van der Waals surface area contributed by atoms with Gasteiger partial charge in [0.15, 0.2) is 5.78 Å². The fourth-order valence-corrected chi connectivity index (χ4v) is 1.91. The molecule has 0 bridgehead atoms. The third-order valence-corrected chi connectivity index (χ3v) is 3.06. The Morgan fingerprint density at radius 3 is 2.35 bits per heavy atom. The van der Waals surface area contributed by atoms with Gasteiger partial charge >= 0.3 is 6.18 Å². The van der Waals surface area contributed by atoms with E-state index in [2.05, 4.69) is 5.32 Å². The molecule has 2 rings (SSSR count). The van der Waals surface area contributed by atoms with Crippen molar-refractivity contribution in [3.8, 4) is 0 Å². The number of nitro groups is 1. The molecule has 2 aromatic rings. The predicted octanol–water partition coefficient (Wildman–Crippen LogP) is 3.91. The van der Waals surface area contributed by atoms with Gasteiger partial charge in [0.25, 0.3) is 5.69 Å². The van der Waals surface area contributed by atoms with Crippen LogP contribution in [0.15, 0.2) is 48.5 Å². The second kappa shape index (κ2) is 6.47.